The fourth-order valence-corrected chi connectivity index (χ4v) is 2.39. The number of aliphatic hydroxyl groups is 1. The molecule has 0 aliphatic rings. The van der Waals surface area contributed by atoms with E-state index in [9.17, 15) is 9.90 Å². The molecule has 0 spiro atoms. The molecule has 0 bridgehead atoms. The molecule has 1 rings (SSSR count). The molecule has 4 nitrogen and oxygen atoms in total. The minimum Gasteiger partial charge on any atom is -0.387 e. The maximum Gasteiger partial charge on any atom is 0.253 e. The van der Waals surface area contributed by atoms with Crippen LogP contribution < -0.4 is 5.32 Å². The summed E-state index contributed by atoms with van der Waals surface area (Å²) < 4.78 is 0. The van der Waals surface area contributed by atoms with Gasteiger partial charge in [-0.1, -0.05) is 23.2 Å². The molecule has 1 aromatic heterocycles. The third-order valence-electron chi connectivity index (χ3n) is 2.15. The van der Waals surface area contributed by atoms with Gasteiger partial charge in [0.25, 0.3) is 5.91 Å². The van der Waals surface area contributed by atoms with Crippen LogP contribution in [0.15, 0.2) is 12.3 Å². The van der Waals surface area contributed by atoms with Gasteiger partial charge < -0.3 is 10.4 Å². The van der Waals surface area contributed by atoms with Crippen molar-refractivity contribution in [3.8, 4) is 0 Å². The Labute approximate surface area is 120 Å². The van der Waals surface area contributed by atoms with E-state index in [1.54, 1.807) is 6.92 Å². The number of rotatable bonds is 5. The summed E-state index contributed by atoms with van der Waals surface area (Å²) in [4.78, 5) is 15.6. The fraction of sp³-hybridized carbons (Fsp3) is 0.455. The standard InChI is InChI=1S/C11H14Cl2N2O2S/c1-11(17,6-18-2)5-15-10(16)7-3-9(13)14-4-8(7)12/h3-4,17H,5-6H2,1-2H3,(H,15,16). The minimum atomic E-state index is -0.960. The Morgan fingerprint density at radius 3 is 2.89 bits per heavy atom. The molecule has 1 atom stereocenters. The van der Waals surface area contributed by atoms with Crippen LogP contribution in [-0.2, 0) is 0 Å². The topological polar surface area (TPSA) is 62.2 Å². The molecule has 0 aliphatic heterocycles. The molecule has 0 aliphatic carbocycles. The van der Waals surface area contributed by atoms with E-state index in [0.29, 0.717) is 5.75 Å². The van der Waals surface area contributed by atoms with Crippen LogP contribution in [-0.4, -0.2) is 40.2 Å². The van der Waals surface area contributed by atoms with Gasteiger partial charge in [0, 0.05) is 18.5 Å². The quantitative estimate of drug-likeness (QED) is 0.819. The number of carbonyl (C=O) groups excluding carboxylic acids is 1. The molecule has 0 saturated carbocycles. The monoisotopic (exact) mass is 308 g/mol. The van der Waals surface area contributed by atoms with Gasteiger partial charge in [-0.05, 0) is 19.2 Å². The van der Waals surface area contributed by atoms with Crippen LogP contribution in [0.1, 0.15) is 17.3 Å². The summed E-state index contributed by atoms with van der Waals surface area (Å²) in [5.41, 5.74) is -0.713. The number of pyridine rings is 1. The normalized spacial score (nSPS) is 14.1. The van der Waals surface area contributed by atoms with Crippen LogP contribution in [0.4, 0.5) is 0 Å². The molecule has 1 heterocycles. The van der Waals surface area contributed by atoms with Crippen LogP contribution in [0.2, 0.25) is 10.2 Å². The highest BCUT2D eigenvalue weighted by Crippen LogP contribution is 2.18. The van der Waals surface area contributed by atoms with Crippen molar-refractivity contribution in [2.24, 2.45) is 0 Å². The predicted octanol–water partition coefficient (Wildman–Crippen LogP) is 2.23. The van der Waals surface area contributed by atoms with Crippen molar-refractivity contribution in [1.82, 2.24) is 10.3 Å². The number of halogens is 2. The fourth-order valence-electron chi connectivity index (χ4n) is 1.32. The average molecular weight is 309 g/mol. The molecular weight excluding hydrogens is 295 g/mol. The average Bonchev–Trinajstić information content (AvgIpc) is 2.29. The third-order valence-corrected chi connectivity index (χ3v) is 3.57. The van der Waals surface area contributed by atoms with Gasteiger partial charge in [-0.2, -0.15) is 11.8 Å². The molecule has 1 unspecified atom stereocenters. The zero-order valence-corrected chi connectivity index (χ0v) is 12.4. The van der Waals surface area contributed by atoms with Crippen molar-refractivity contribution < 1.29 is 9.90 Å². The highest BCUT2D eigenvalue weighted by Gasteiger charge is 2.21. The Bertz CT molecular complexity index is 441. The summed E-state index contributed by atoms with van der Waals surface area (Å²) in [6, 6.07) is 1.39. The van der Waals surface area contributed by atoms with Crippen molar-refractivity contribution in [2.45, 2.75) is 12.5 Å². The maximum absolute atomic E-state index is 11.9. The molecule has 7 heteroatoms. The molecule has 1 aromatic rings. The number of amides is 1. The van der Waals surface area contributed by atoms with Crippen LogP contribution in [0, 0.1) is 0 Å². The highest BCUT2D eigenvalue weighted by atomic mass is 35.5. The Balaban J connectivity index is 2.69. The summed E-state index contributed by atoms with van der Waals surface area (Å²) in [5, 5.41) is 13.0. The number of hydrogen-bond acceptors (Lipinski definition) is 4. The molecule has 1 amide bonds. The summed E-state index contributed by atoms with van der Waals surface area (Å²) in [6.45, 7) is 1.80. The van der Waals surface area contributed by atoms with Gasteiger partial charge >= 0.3 is 0 Å². The summed E-state index contributed by atoms with van der Waals surface area (Å²) in [5.74, 6) is 0.142. The largest absolute Gasteiger partial charge is 0.387 e. The van der Waals surface area contributed by atoms with Crippen molar-refractivity contribution in [1.29, 1.82) is 0 Å². The van der Waals surface area contributed by atoms with Crippen molar-refractivity contribution in [3.63, 3.8) is 0 Å². The Kier molecular flexibility index (Phi) is 5.72. The van der Waals surface area contributed by atoms with Gasteiger partial charge in [0.1, 0.15) is 5.15 Å². The summed E-state index contributed by atoms with van der Waals surface area (Å²) >= 11 is 13.1. The van der Waals surface area contributed by atoms with Crippen molar-refractivity contribution in [2.75, 3.05) is 18.6 Å². The van der Waals surface area contributed by atoms with Crippen LogP contribution >= 0.6 is 35.0 Å². The number of carbonyl (C=O) groups is 1. The van der Waals surface area contributed by atoms with Crippen LogP contribution in [0.5, 0.6) is 0 Å². The second-order valence-electron chi connectivity index (χ2n) is 4.10. The van der Waals surface area contributed by atoms with E-state index in [1.807, 2.05) is 6.26 Å². The zero-order valence-electron chi connectivity index (χ0n) is 10.0. The van der Waals surface area contributed by atoms with Gasteiger partial charge in [-0.25, -0.2) is 4.98 Å². The van der Waals surface area contributed by atoms with E-state index in [2.05, 4.69) is 10.3 Å². The first-order chi connectivity index (χ1) is 8.35. The molecule has 2 N–H and O–H groups in total. The van der Waals surface area contributed by atoms with Crippen molar-refractivity contribution >= 4 is 40.9 Å². The second kappa shape index (κ2) is 6.61. The van der Waals surface area contributed by atoms with E-state index in [1.165, 1.54) is 24.0 Å². The Morgan fingerprint density at radius 2 is 2.28 bits per heavy atom. The van der Waals surface area contributed by atoms with E-state index < -0.39 is 5.60 Å². The number of nitrogens with zero attached hydrogens (tertiary/aromatic N) is 1. The number of aromatic nitrogens is 1. The highest BCUT2D eigenvalue weighted by molar-refractivity contribution is 7.98. The molecule has 0 saturated heterocycles. The smallest absolute Gasteiger partial charge is 0.253 e. The Hall–Kier alpha value is -0.490. The maximum atomic E-state index is 11.9. The lowest BCUT2D eigenvalue weighted by molar-refractivity contribution is 0.0725. The van der Waals surface area contributed by atoms with Gasteiger partial charge in [0.15, 0.2) is 0 Å². The summed E-state index contributed by atoms with van der Waals surface area (Å²) in [6.07, 6.45) is 3.20. The molecular formula is C11H14Cl2N2O2S. The third kappa shape index (κ3) is 4.65. The van der Waals surface area contributed by atoms with E-state index in [4.69, 9.17) is 23.2 Å². The van der Waals surface area contributed by atoms with Crippen LogP contribution in [0.25, 0.3) is 0 Å². The molecule has 0 radical (unpaired) electrons. The number of hydrogen-bond donors (Lipinski definition) is 2. The first-order valence-electron chi connectivity index (χ1n) is 5.16. The molecule has 0 aromatic carbocycles. The molecule has 18 heavy (non-hydrogen) atoms. The molecule has 100 valence electrons. The van der Waals surface area contributed by atoms with E-state index in [-0.39, 0.29) is 28.2 Å². The second-order valence-corrected chi connectivity index (χ2v) is 5.76. The van der Waals surface area contributed by atoms with E-state index in [0.717, 1.165) is 0 Å². The minimum absolute atomic E-state index is 0.142. The van der Waals surface area contributed by atoms with E-state index >= 15 is 0 Å². The first kappa shape index (κ1) is 15.6. The number of thioether (sulfide) groups is 1. The van der Waals surface area contributed by atoms with Crippen LogP contribution in [0.3, 0.4) is 0 Å². The summed E-state index contributed by atoms with van der Waals surface area (Å²) in [7, 11) is 0. The lowest BCUT2D eigenvalue weighted by atomic mass is 10.1. The lowest BCUT2D eigenvalue weighted by Crippen LogP contribution is -2.42. The van der Waals surface area contributed by atoms with Gasteiger partial charge in [0.2, 0.25) is 0 Å². The zero-order chi connectivity index (χ0) is 13.8. The van der Waals surface area contributed by atoms with Gasteiger partial charge in [-0.15, -0.1) is 0 Å². The molecule has 0 fully saturated rings. The van der Waals surface area contributed by atoms with Gasteiger partial charge in [0.05, 0.1) is 16.2 Å². The first-order valence-corrected chi connectivity index (χ1v) is 7.31. The van der Waals surface area contributed by atoms with Crippen molar-refractivity contribution in [3.05, 3.63) is 28.0 Å². The Morgan fingerprint density at radius 1 is 1.61 bits per heavy atom. The van der Waals surface area contributed by atoms with Gasteiger partial charge in [-0.3, -0.25) is 4.79 Å². The lowest BCUT2D eigenvalue weighted by Gasteiger charge is -2.22. The number of nitrogens with one attached hydrogen (secondary N) is 1. The predicted molar refractivity (Wildman–Crippen MR) is 75.6 cm³/mol. The SMILES string of the molecule is CSCC(C)(O)CNC(=O)c1cc(Cl)ncc1Cl.